The van der Waals surface area contributed by atoms with Gasteiger partial charge in [-0.3, -0.25) is 4.98 Å². The third-order valence-electron chi connectivity index (χ3n) is 6.24. The number of para-hydroxylation sites is 2. The first-order chi connectivity index (χ1) is 16.8. The van der Waals surface area contributed by atoms with Crippen LogP contribution >= 0.6 is 0 Å². The van der Waals surface area contributed by atoms with E-state index < -0.39 is 12.7 Å². The van der Waals surface area contributed by atoms with Crippen molar-refractivity contribution in [3.8, 4) is 34.3 Å². The molecule has 1 aliphatic carbocycles. The van der Waals surface area contributed by atoms with Crippen LogP contribution in [0.4, 0.5) is 0 Å². The highest BCUT2D eigenvalue weighted by Gasteiger charge is 2.40. The average Bonchev–Trinajstić information content (AvgIpc) is 2.86. The van der Waals surface area contributed by atoms with Crippen molar-refractivity contribution in [2.45, 2.75) is 25.6 Å². The highest BCUT2D eigenvalue weighted by atomic mass is 16.5. The predicted molar refractivity (Wildman–Crippen MR) is 124 cm³/mol. The molecule has 0 radical (unpaired) electrons. The molecule has 7 rings (SSSR count). The van der Waals surface area contributed by atoms with Gasteiger partial charge in [-0.25, -0.2) is 0 Å². The monoisotopic (exact) mass is 405 g/mol. The molecule has 3 aliphatic rings. The molecule has 3 heterocycles. The summed E-state index contributed by atoms with van der Waals surface area (Å²) in [4.78, 5) is 4.70. The fourth-order valence-corrected chi connectivity index (χ4v) is 4.87. The molecule has 0 amide bonds. The van der Waals surface area contributed by atoms with E-state index in [9.17, 15) is 0 Å². The van der Waals surface area contributed by atoms with Crippen LogP contribution in [0.3, 0.4) is 0 Å². The maximum atomic E-state index is 8.50. The van der Waals surface area contributed by atoms with Crippen LogP contribution in [0.25, 0.3) is 11.3 Å². The maximum absolute atomic E-state index is 8.50. The van der Waals surface area contributed by atoms with E-state index in [0.717, 1.165) is 39.2 Å². The minimum absolute atomic E-state index is 0.0620. The molecule has 4 heteroatoms. The lowest BCUT2D eigenvalue weighted by Crippen LogP contribution is -2.57. The fraction of sp³-hybridized carbons (Fsp3) is 0.148. The van der Waals surface area contributed by atoms with Crippen molar-refractivity contribution in [3.63, 3.8) is 0 Å². The van der Waals surface area contributed by atoms with Gasteiger partial charge in [0.2, 0.25) is 0 Å². The largest absolute Gasteiger partial charge is 0.458 e. The van der Waals surface area contributed by atoms with E-state index in [0.29, 0.717) is 17.0 Å². The van der Waals surface area contributed by atoms with Crippen molar-refractivity contribution in [1.82, 2.24) is 4.98 Å². The van der Waals surface area contributed by atoms with E-state index in [1.165, 1.54) is 0 Å². The number of fused-ring (bicyclic) bond motifs is 5. The quantitative estimate of drug-likeness (QED) is 0.381. The standard InChI is InChI=1S/C27H20BNO2/c1-3-11-21-17(7-1)15-16-22(29-21)18-8-5-10-20-27(18)31-25-14-6-13-24-26(25)28(20)19-9-2-4-12-23(19)30-24/h2,4-6,8-10,12-16H,1,3,7,11H2/i7D2,11D2. The Bertz CT molecular complexity index is 1540. The zero-order valence-corrected chi connectivity index (χ0v) is 16.7. The van der Waals surface area contributed by atoms with E-state index in [-0.39, 0.29) is 25.2 Å². The van der Waals surface area contributed by atoms with Crippen LogP contribution in [-0.2, 0) is 12.7 Å². The molecule has 0 saturated carbocycles. The number of nitrogens with zero attached hydrogens (tertiary/aromatic N) is 1. The van der Waals surface area contributed by atoms with Gasteiger partial charge in [-0.05, 0) is 72.4 Å². The molecule has 0 spiro atoms. The van der Waals surface area contributed by atoms with Gasteiger partial charge in [0.1, 0.15) is 23.0 Å². The summed E-state index contributed by atoms with van der Waals surface area (Å²) < 4.78 is 46.4. The lowest BCUT2D eigenvalue weighted by atomic mass is 9.34. The molecule has 0 unspecified atom stereocenters. The molecule has 3 aromatic carbocycles. The lowest BCUT2D eigenvalue weighted by molar-refractivity contribution is 0.465. The van der Waals surface area contributed by atoms with Gasteiger partial charge < -0.3 is 9.47 Å². The van der Waals surface area contributed by atoms with Gasteiger partial charge in [-0.15, -0.1) is 0 Å². The normalized spacial score (nSPS) is 20.2. The Balaban J connectivity index is 1.44. The minimum atomic E-state index is -1.69. The number of rotatable bonds is 1. The van der Waals surface area contributed by atoms with Gasteiger partial charge in [-0.2, -0.15) is 0 Å². The first-order valence-electron chi connectivity index (χ1n) is 12.6. The van der Waals surface area contributed by atoms with E-state index in [2.05, 4.69) is 12.1 Å². The van der Waals surface area contributed by atoms with Crippen LogP contribution in [0.15, 0.2) is 72.8 Å². The SMILES string of the molecule is [2H]C1([2H])CCC([2H])([2H])c2nc(-c3cccc4c3Oc3cccc5c3B4c3ccccc3O5)ccc21. The van der Waals surface area contributed by atoms with Gasteiger partial charge in [0.05, 0.1) is 5.69 Å². The minimum Gasteiger partial charge on any atom is -0.458 e. The zero-order chi connectivity index (χ0) is 23.9. The summed E-state index contributed by atoms with van der Waals surface area (Å²) in [6.07, 6.45) is -3.05. The number of ether oxygens (including phenoxy) is 2. The van der Waals surface area contributed by atoms with Crippen molar-refractivity contribution in [1.29, 1.82) is 0 Å². The van der Waals surface area contributed by atoms with E-state index >= 15 is 0 Å². The van der Waals surface area contributed by atoms with Crippen molar-refractivity contribution < 1.29 is 15.0 Å². The number of hydrogen-bond acceptors (Lipinski definition) is 3. The van der Waals surface area contributed by atoms with Gasteiger partial charge in [0, 0.05) is 22.2 Å². The Morgan fingerprint density at radius 3 is 2.48 bits per heavy atom. The molecule has 0 saturated heterocycles. The number of aromatic nitrogens is 1. The zero-order valence-electron chi connectivity index (χ0n) is 20.7. The Labute approximate surface area is 187 Å². The summed E-state index contributed by atoms with van der Waals surface area (Å²) in [5.74, 6) is 3.02. The second-order valence-corrected chi connectivity index (χ2v) is 8.01. The van der Waals surface area contributed by atoms with Gasteiger partial charge >= 0.3 is 0 Å². The molecular weight excluding hydrogens is 381 g/mol. The number of benzene rings is 3. The highest BCUT2D eigenvalue weighted by molar-refractivity contribution is 6.98. The van der Waals surface area contributed by atoms with Crippen LogP contribution in [-0.4, -0.2) is 11.7 Å². The van der Waals surface area contributed by atoms with Crippen molar-refractivity contribution in [2.75, 3.05) is 0 Å². The fourth-order valence-electron chi connectivity index (χ4n) is 4.87. The second-order valence-electron chi connectivity index (χ2n) is 8.01. The van der Waals surface area contributed by atoms with Gasteiger partial charge in [-0.1, -0.05) is 42.5 Å². The molecule has 31 heavy (non-hydrogen) atoms. The Morgan fingerprint density at radius 2 is 1.52 bits per heavy atom. The van der Waals surface area contributed by atoms with E-state index in [4.69, 9.17) is 19.9 Å². The van der Waals surface area contributed by atoms with Crippen molar-refractivity contribution in [2.24, 2.45) is 0 Å². The van der Waals surface area contributed by atoms with Crippen molar-refractivity contribution in [3.05, 3.63) is 84.1 Å². The van der Waals surface area contributed by atoms with Gasteiger partial charge in [0.25, 0.3) is 6.71 Å². The number of aryl methyl sites for hydroxylation is 2. The molecular formula is C27H20BNO2. The van der Waals surface area contributed by atoms with Crippen molar-refractivity contribution >= 4 is 23.1 Å². The summed E-state index contributed by atoms with van der Waals surface area (Å²) in [7, 11) is 0. The molecule has 0 fully saturated rings. The lowest BCUT2D eigenvalue weighted by Gasteiger charge is -2.33. The molecule has 148 valence electrons. The second kappa shape index (κ2) is 6.48. The summed E-state index contributed by atoms with van der Waals surface area (Å²) in [6.45, 7) is -0.0620. The summed E-state index contributed by atoms with van der Waals surface area (Å²) in [5, 5.41) is 0. The number of pyridine rings is 1. The van der Waals surface area contributed by atoms with Crippen LogP contribution in [0.2, 0.25) is 0 Å². The van der Waals surface area contributed by atoms with E-state index in [1.54, 1.807) is 12.1 Å². The number of hydrogen-bond donors (Lipinski definition) is 0. The topological polar surface area (TPSA) is 31.4 Å². The first-order valence-corrected chi connectivity index (χ1v) is 10.6. The molecule has 3 nitrogen and oxygen atoms in total. The predicted octanol–water partition coefficient (Wildman–Crippen LogP) is 4.36. The van der Waals surface area contributed by atoms with Gasteiger partial charge in [0.15, 0.2) is 0 Å². The Morgan fingerprint density at radius 1 is 0.742 bits per heavy atom. The van der Waals surface area contributed by atoms with Crippen LogP contribution in [0.1, 0.15) is 29.6 Å². The third kappa shape index (κ3) is 2.51. The summed E-state index contributed by atoms with van der Waals surface area (Å²) >= 11 is 0. The Kier molecular flexibility index (Phi) is 2.87. The molecule has 0 bridgehead atoms. The van der Waals surface area contributed by atoms with Crippen LogP contribution in [0.5, 0.6) is 23.0 Å². The van der Waals surface area contributed by atoms with Crippen LogP contribution in [0, 0.1) is 0 Å². The molecule has 2 aliphatic heterocycles. The molecule has 4 aromatic rings. The summed E-state index contributed by atoms with van der Waals surface area (Å²) in [5.41, 5.74) is 4.90. The first kappa shape index (κ1) is 13.7. The molecule has 1 aromatic heterocycles. The smallest absolute Gasteiger partial charge is 0.260 e. The Hall–Kier alpha value is -3.53. The average molecular weight is 405 g/mol. The summed E-state index contributed by atoms with van der Waals surface area (Å²) in [6, 6.07) is 23.3. The molecule has 0 N–H and O–H groups in total. The third-order valence-corrected chi connectivity index (χ3v) is 6.24. The van der Waals surface area contributed by atoms with Crippen LogP contribution < -0.4 is 25.9 Å². The maximum Gasteiger partial charge on any atom is 0.260 e. The van der Waals surface area contributed by atoms with E-state index in [1.807, 2.05) is 48.5 Å². The molecule has 0 atom stereocenters. The highest BCUT2D eigenvalue weighted by Crippen LogP contribution is 2.38.